The van der Waals surface area contributed by atoms with Gasteiger partial charge in [-0.3, -0.25) is 0 Å². The molecule has 0 aliphatic rings. The summed E-state index contributed by atoms with van der Waals surface area (Å²) in [5.74, 6) is -0.979. The van der Waals surface area contributed by atoms with Gasteiger partial charge in [-0.1, -0.05) is 33.6 Å². The summed E-state index contributed by atoms with van der Waals surface area (Å²) in [6, 6.07) is 10.6. The molecule has 0 saturated carbocycles. The summed E-state index contributed by atoms with van der Waals surface area (Å²) in [4.78, 5) is 16.9. The summed E-state index contributed by atoms with van der Waals surface area (Å²) in [5.41, 5.74) is 1.48. The van der Waals surface area contributed by atoms with E-state index in [1.54, 1.807) is 24.3 Å². The van der Waals surface area contributed by atoms with Crippen molar-refractivity contribution in [2.75, 3.05) is 0 Å². The second-order valence-corrected chi connectivity index (χ2v) is 6.67. The molecule has 100 valence electrons. The molecule has 0 bridgehead atoms. The highest BCUT2D eigenvalue weighted by atomic mass is 79.9. The van der Waals surface area contributed by atoms with Crippen LogP contribution in [-0.2, 0) is 0 Å². The molecule has 3 aromatic rings. The number of hydrogen-bond donors (Lipinski definition) is 1. The predicted octanol–water partition coefficient (Wildman–Crippen LogP) is 5.08. The molecule has 1 N–H and O–H groups in total. The lowest BCUT2D eigenvalue weighted by Crippen LogP contribution is -2.00. The van der Waals surface area contributed by atoms with Gasteiger partial charge in [0.05, 0.1) is 26.0 Å². The molecule has 1 aromatic carbocycles. The van der Waals surface area contributed by atoms with Gasteiger partial charge in [0.2, 0.25) is 0 Å². The number of nitrogens with zero attached hydrogens (tertiary/aromatic N) is 1. The van der Waals surface area contributed by atoms with Crippen LogP contribution < -0.4 is 0 Å². The Morgan fingerprint density at radius 3 is 2.75 bits per heavy atom. The molecule has 0 aliphatic heterocycles. The smallest absolute Gasteiger partial charge is 0.336 e. The highest BCUT2D eigenvalue weighted by molar-refractivity contribution is 9.10. The van der Waals surface area contributed by atoms with E-state index in [1.165, 1.54) is 11.3 Å². The van der Waals surface area contributed by atoms with Crippen LogP contribution in [-0.4, -0.2) is 16.1 Å². The third kappa shape index (κ3) is 2.32. The monoisotopic (exact) mass is 367 g/mol. The third-order valence-electron chi connectivity index (χ3n) is 2.84. The van der Waals surface area contributed by atoms with Crippen molar-refractivity contribution < 1.29 is 9.90 Å². The first-order valence-corrected chi connectivity index (χ1v) is 7.63. The minimum Gasteiger partial charge on any atom is -0.478 e. The fourth-order valence-electron chi connectivity index (χ4n) is 1.99. The average Bonchev–Trinajstić information content (AvgIpc) is 2.84. The molecule has 0 aliphatic carbocycles. The summed E-state index contributed by atoms with van der Waals surface area (Å²) in [6.45, 7) is 0. The Balaban J connectivity index is 2.34. The molecule has 0 unspecified atom stereocenters. The van der Waals surface area contributed by atoms with Crippen LogP contribution in [0.1, 0.15) is 10.4 Å². The van der Waals surface area contributed by atoms with Crippen molar-refractivity contribution in [1.82, 2.24) is 4.98 Å². The molecule has 0 radical (unpaired) electrons. The summed E-state index contributed by atoms with van der Waals surface area (Å²) in [7, 11) is 0. The van der Waals surface area contributed by atoms with Crippen LogP contribution in [0, 0.1) is 0 Å². The van der Waals surface area contributed by atoms with Crippen molar-refractivity contribution in [3.63, 3.8) is 0 Å². The molecule has 3 nitrogen and oxygen atoms in total. The van der Waals surface area contributed by atoms with Gasteiger partial charge in [0.15, 0.2) is 0 Å². The number of carboxylic acids is 1. The Morgan fingerprint density at radius 2 is 2.10 bits per heavy atom. The van der Waals surface area contributed by atoms with Crippen LogP contribution in [0.2, 0.25) is 4.34 Å². The number of aromatic carboxylic acids is 1. The highest BCUT2D eigenvalue weighted by Crippen LogP contribution is 2.34. The summed E-state index contributed by atoms with van der Waals surface area (Å²) >= 11 is 10.7. The van der Waals surface area contributed by atoms with Crippen molar-refractivity contribution in [3.05, 3.63) is 50.8 Å². The number of pyridine rings is 1. The minimum absolute atomic E-state index is 0.224. The number of fused-ring (bicyclic) bond motifs is 1. The third-order valence-corrected chi connectivity index (χ3v) is 4.75. The number of halogens is 2. The Kier molecular flexibility index (Phi) is 3.50. The fourth-order valence-corrected chi connectivity index (χ4v) is 3.56. The quantitative estimate of drug-likeness (QED) is 0.686. The number of aromatic nitrogens is 1. The number of thiophene rings is 1. The van der Waals surface area contributed by atoms with Crippen LogP contribution in [0.4, 0.5) is 0 Å². The van der Waals surface area contributed by atoms with E-state index in [0.717, 1.165) is 9.35 Å². The maximum atomic E-state index is 11.5. The first-order valence-electron chi connectivity index (χ1n) is 5.64. The number of rotatable bonds is 2. The molecule has 0 saturated heterocycles. The van der Waals surface area contributed by atoms with E-state index >= 15 is 0 Å². The van der Waals surface area contributed by atoms with Gasteiger partial charge < -0.3 is 5.11 Å². The van der Waals surface area contributed by atoms with E-state index in [1.807, 2.05) is 12.1 Å². The standard InChI is InChI=1S/C14H7BrClNO2S/c15-8-2-1-3-9-13(8)7(14(18)19)6-10(17-9)11-4-5-12(16)20-11/h1-6H,(H,18,19). The van der Waals surface area contributed by atoms with Gasteiger partial charge >= 0.3 is 5.97 Å². The largest absolute Gasteiger partial charge is 0.478 e. The van der Waals surface area contributed by atoms with Crippen molar-refractivity contribution in [3.8, 4) is 10.6 Å². The average molecular weight is 369 g/mol. The normalized spacial score (nSPS) is 10.9. The van der Waals surface area contributed by atoms with Crippen molar-refractivity contribution in [2.45, 2.75) is 0 Å². The minimum atomic E-state index is -0.979. The first-order chi connectivity index (χ1) is 9.56. The maximum Gasteiger partial charge on any atom is 0.336 e. The number of benzene rings is 1. The number of carbonyl (C=O) groups is 1. The Hall–Kier alpha value is -1.43. The second-order valence-electron chi connectivity index (χ2n) is 4.10. The van der Waals surface area contributed by atoms with Gasteiger partial charge in [0.25, 0.3) is 0 Å². The lowest BCUT2D eigenvalue weighted by molar-refractivity contribution is 0.0699. The molecule has 3 rings (SSSR count). The Morgan fingerprint density at radius 1 is 1.30 bits per heavy atom. The van der Waals surface area contributed by atoms with Gasteiger partial charge in [-0.25, -0.2) is 9.78 Å². The molecule has 2 aromatic heterocycles. The zero-order valence-electron chi connectivity index (χ0n) is 9.93. The highest BCUT2D eigenvalue weighted by Gasteiger charge is 2.15. The van der Waals surface area contributed by atoms with Gasteiger partial charge in [-0.15, -0.1) is 11.3 Å². The van der Waals surface area contributed by atoms with E-state index in [2.05, 4.69) is 20.9 Å². The molecule has 0 fully saturated rings. The molecule has 6 heteroatoms. The van der Waals surface area contributed by atoms with Crippen molar-refractivity contribution in [1.29, 1.82) is 0 Å². The lowest BCUT2D eigenvalue weighted by atomic mass is 10.1. The number of carboxylic acid groups (broad SMARTS) is 1. The molecule has 2 heterocycles. The summed E-state index contributed by atoms with van der Waals surface area (Å²) < 4.78 is 1.36. The van der Waals surface area contributed by atoms with E-state index in [4.69, 9.17) is 11.6 Å². The Bertz CT molecular complexity index is 831. The molecule has 0 spiro atoms. The van der Waals surface area contributed by atoms with Crippen LogP contribution in [0.5, 0.6) is 0 Å². The van der Waals surface area contributed by atoms with E-state index in [-0.39, 0.29) is 5.56 Å². The zero-order chi connectivity index (χ0) is 14.3. The second kappa shape index (κ2) is 5.16. The van der Waals surface area contributed by atoms with Crippen LogP contribution in [0.3, 0.4) is 0 Å². The van der Waals surface area contributed by atoms with E-state index in [0.29, 0.717) is 20.9 Å². The van der Waals surface area contributed by atoms with Gasteiger partial charge in [0, 0.05) is 9.86 Å². The van der Waals surface area contributed by atoms with Crippen molar-refractivity contribution >= 4 is 55.7 Å². The predicted molar refractivity (Wildman–Crippen MR) is 84.7 cm³/mol. The number of hydrogen-bond acceptors (Lipinski definition) is 3. The van der Waals surface area contributed by atoms with Crippen LogP contribution >= 0.6 is 38.9 Å². The van der Waals surface area contributed by atoms with E-state index < -0.39 is 5.97 Å². The zero-order valence-corrected chi connectivity index (χ0v) is 13.1. The molecule has 0 amide bonds. The van der Waals surface area contributed by atoms with Crippen LogP contribution in [0.25, 0.3) is 21.5 Å². The molecular formula is C14H7BrClNO2S. The van der Waals surface area contributed by atoms with Crippen molar-refractivity contribution in [2.24, 2.45) is 0 Å². The summed E-state index contributed by atoms with van der Waals surface area (Å²) in [6.07, 6.45) is 0. The SMILES string of the molecule is O=C(O)c1cc(-c2ccc(Cl)s2)nc2cccc(Br)c12. The topological polar surface area (TPSA) is 50.2 Å². The molecular weight excluding hydrogens is 362 g/mol. The summed E-state index contributed by atoms with van der Waals surface area (Å²) in [5, 5.41) is 10.0. The maximum absolute atomic E-state index is 11.5. The van der Waals surface area contributed by atoms with Gasteiger partial charge in [-0.05, 0) is 30.3 Å². The Labute approximate surface area is 132 Å². The van der Waals surface area contributed by atoms with Gasteiger partial charge in [-0.2, -0.15) is 0 Å². The van der Waals surface area contributed by atoms with Crippen LogP contribution in [0.15, 0.2) is 40.9 Å². The fraction of sp³-hybridized carbons (Fsp3) is 0. The lowest BCUT2D eigenvalue weighted by Gasteiger charge is -2.07. The van der Waals surface area contributed by atoms with Gasteiger partial charge in [0.1, 0.15) is 0 Å². The van der Waals surface area contributed by atoms with E-state index in [9.17, 15) is 9.90 Å². The molecule has 0 atom stereocenters. The first kappa shape index (κ1) is 13.5. The molecule has 20 heavy (non-hydrogen) atoms.